The molecule has 0 saturated heterocycles. The number of rotatable bonds is 5. The molecule has 0 fully saturated rings. The molecule has 0 atom stereocenters. The van der Waals surface area contributed by atoms with E-state index in [2.05, 4.69) is 15.2 Å². The molecule has 0 aliphatic heterocycles. The summed E-state index contributed by atoms with van der Waals surface area (Å²) in [6.07, 6.45) is 1.65. The van der Waals surface area contributed by atoms with Gasteiger partial charge >= 0.3 is 0 Å². The van der Waals surface area contributed by atoms with Crippen molar-refractivity contribution in [1.82, 2.24) is 10.3 Å². The quantitative estimate of drug-likeness (QED) is 0.824. The van der Waals surface area contributed by atoms with Gasteiger partial charge in [0.25, 0.3) is 5.91 Å². The minimum atomic E-state index is -0.153. The number of nitrogen functional groups attached to an aromatic ring is 1. The van der Waals surface area contributed by atoms with Crippen LogP contribution in [0.15, 0.2) is 42.6 Å². The number of hydrogen-bond acceptors (Lipinski definition) is 4. The molecular weight excluding hydrogens is 264 g/mol. The predicted molar refractivity (Wildman–Crippen MR) is 85.2 cm³/mol. The molecule has 0 aliphatic carbocycles. The molecule has 5 heteroatoms. The number of anilines is 2. The van der Waals surface area contributed by atoms with Crippen LogP contribution in [-0.4, -0.2) is 24.5 Å². The summed E-state index contributed by atoms with van der Waals surface area (Å²) < 4.78 is 0. The van der Waals surface area contributed by atoms with Crippen molar-refractivity contribution in [3.63, 3.8) is 0 Å². The fraction of sp³-hybridized carbons (Fsp3) is 0.250. The van der Waals surface area contributed by atoms with Crippen molar-refractivity contribution in [2.24, 2.45) is 0 Å². The Balaban J connectivity index is 2.11. The lowest BCUT2D eigenvalue weighted by atomic mass is 10.2. The van der Waals surface area contributed by atoms with Crippen molar-refractivity contribution < 1.29 is 4.79 Å². The number of aromatic nitrogens is 1. The average molecular weight is 284 g/mol. The van der Waals surface area contributed by atoms with Crippen LogP contribution in [0.2, 0.25) is 0 Å². The Morgan fingerprint density at radius 3 is 2.67 bits per heavy atom. The lowest BCUT2D eigenvalue weighted by Gasteiger charge is -2.20. The molecule has 0 aliphatic rings. The van der Waals surface area contributed by atoms with Crippen LogP contribution in [0.1, 0.15) is 23.0 Å². The minimum absolute atomic E-state index is 0.153. The maximum absolute atomic E-state index is 11.8. The molecule has 0 bridgehead atoms. The van der Waals surface area contributed by atoms with Gasteiger partial charge in [-0.3, -0.25) is 9.78 Å². The second-order valence-electron chi connectivity index (χ2n) is 4.86. The van der Waals surface area contributed by atoms with E-state index in [9.17, 15) is 4.79 Å². The molecule has 2 aromatic rings. The summed E-state index contributed by atoms with van der Waals surface area (Å²) in [6.45, 7) is 3.21. The molecule has 5 nitrogen and oxygen atoms in total. The van der Waals surface area contributed by atoms with Gasteiger partial charge in [0.2, 0.25) is 0 Å². The Hall–Kier alpha value is -2.56. The molecule has 1 amide bonds. The van der Waals surface area contributed by atoms with Crippen LogP contribution >= 0.6 is 0 Å². The predicted octanol–water partition coefficient (Wildman–Crippen LogP) is 2.05. The van der Waals surface area contributed by atoms with E-state index in [1.54, 1.807) is 12.3 Å². The SMILES string of the molecule is CCNC(=O)c1cc(N(C)Cc2ccc(N)cc2)ccn1. The van der Waals surface area contributed by atoms with Crippen molar-refractivity contribution >= 4 is 17.3 Å². The number of nitrogens with one attached hydrogen (secondary N) is 1. The number of benzene rings is 1. The molecule has 1 aromatic heterocycles. The Morgan fingerprint density at radius 1 is 1.29 bits per heavy atom. The largest absolute Gasteiger partial charge is 0.399 e. The number of amides is 1. The molecule has 0 saturated carbocycles. The third-order valence-electron chi connectivity index (χ3n) is 3.15. The minimum Gasteiger partial charge on any atom is -0.399 e. The highest BCUT2D eigenvalue weighted by molar-refractivity contribution is 5.93. The van der Waals surface area contributed by atoms with Crippen LogP contribution in [0.4, 0.5) is 11.4 Å². The van der Waals surface area contributed by atoms with Crippen molar-refractivity contribution in [2.45, 2.75) is 13.5 Å². The van der Waals surface area contributed by atoms with Gasteiger partial charge in [0.05, 0.1) is 0 Å². The summed E-state index contributed by atoms with van der Waals surface area (Å²) >= 11 is 0. The second kappa shape index (κ2) is 6.74. The Bertz CT molecular complexity index is 610. The van der Waals surface area contributed by atoms with Gasteiger partial charge in [-0.25, -0.2) is 0 Å². The first-order valence-electron chi connectivity index (χ1n) is 6.90. The van der Waals surface area contributed by atoms with Gasteiger partial charge in [-0.05, 0) is 36.8 Å². The van der Waals surface area contributed by atoms with E-state index in [1.807, 2.05) is 44.3 Å². The first kappa shape index (κ1) is 14.8. The van der Waals surface area contributed by atoms with E-state index in [-0.39, 0.29) is 5.91 Å². The topological polar surface area (TPSA) is 71.2 Å². The van der Waals surface area contributed by atoms with E-state index in [0.29, 0.717) is 12.2 Å². The van der Waals surface area contributed by atoms with Gasteiger partial charge in [0, 0.05) is 37.7 Å². The number of nitrogens with zero attached hydrogens (tertiary/aromatic N) is 2. The molecule has 110 valence electrons. The highest BCUT2D eigenvalue weighted by Gasteiger charge is 2.09. The molecule has 2 rings (SSSR count). The maximum Gasteiger partial charge on any atom is 0.269 e. The summed E-state index contributed by atoms with van der Waals surface area (Å²) in [4.78, 5) is 18.0. The number of nitrogens with two attached hydrogens (primary N) is 1. The van der Waals surface area contributed by atoms with Gasteiger partial charge in [0.15, 0.2) is 0 Å². The highest BCUT2D eigenvalue weighted by atomic mass is 16.1. The summed E-state index contributed by atoms with van der Waals surface area (Å²) in [5.41, 5.74) is 8.97. The van der Waals surface area contributed by atoms with E-state index in [4.69, 9.17) is 5.73 Å². The smallest absolute Gasteiger partial charge is 0.269 e. The van der Waals surface area contributed by atoms with Crippen molar-refractivity contribution in [1.29, 1.82) is 0 Å². The normalized spacial score (nSPS) is 10.2. The number of carbonyl (C=O) groups is 1. The average Bonchev–Trinajstić information content (AvgIpc) is 2.50. The summed E-state index contributed by atoms with van der Waals surface area (Å²) in [5.74, 6) is -0.153. The van der Waals surface area contributed by atoms with Crippen LogP contribution in [0.25, 0.3) is 0 Å². The summed E-state index contributed by atoms with van der Waals surface area (Å²) in [5, 5.41) is 2.75. The maximum atomic E-state index is 11.8. The molecule has 21 heavy (non-hydrogen) atoms. The zero-order valence-electron chi connectivity index (χ0n) is 12.3. The molecule has 1 heterocycles. The molecule has 0 unspecified atom stereocenters. The monoisotopic (exact) mass is 284 g/mol. The van der Waals surface area contributed by atoms with Gasteiger partial charge in [0.1, 0.15) is 5.69 Å². The number of hydrogen-bond donors (Lipinski definition) is 2. The fourth-order valence-electron chi connectivity index (χ4n) is 2.02. The summed E-state index contributed by atoms with van der Waals surface area (Å²) in [6, 6.07) is 11.4. The standard InChI is InChI=1S/C16H20N4O/c1-3-18-16(21)15-10-14(8-9-19-15)20(2)11-12-4-6-13(17)7-5-12/h4-10H,3,11,17H2,1-2H3,(H,18,21). The molecule has 0 spiro atoms. The zero-order chi connectivity index (χ0) is 15.2. The Labute approximate surface area is 124 Å². The molecular formula is C16H20N4O. The van der Waals surface area contributed by atoms with Crippen molar-refractivity contribution in [3.05, 3.63) is 53.9 Å². The molecule has 0 radical (unpaired) electrons. The summed E-state index contributed by atoms with van der Waals surface area (Å²) in [7, 11) is 1.98. The first-order valence-corrected chi connectivity index (χ1v) is 6.90. The zero-order valence-corrected chi connectivity index (χ0v) is 12.3. The number of pyridine rings is 1. The lowest BCUT2D eigenvalue weighted by Crippen LogP contribution is -2.24. The van der Waals surface area contributed by atoms with Gasteiger partial charge in [-0.1, -0.05) is 12.1 Å². The van der Waals surface area contributed by atoms with E-state index < -0.39 is 0 Å². The van der Waals surface area contributed by atoms with Crippen LogP contribution in [0, 0.1) is 0 Å². The second-order valence-corrected chi connectivity index (χ2v) is 4.86. The van der Waals surface area contributed by atoms with Crippen LogP contribution < -0.4 is 16.0 Å². The third kappa shape index (κ3) is 3.95. The van der Waals surface area contributed by atoms with Crippen LogP contribution in [0.3, 0.4) is 0 Å². The lowest BCUT2D eigenvalue weighted by molar-refractivity contribution is 0.0951. The van der Waals surface area contributed by atoms with Gasteiger partial charge < -0.3 is 16.0 Å². The van der Waals surface area contributed by atoms with Crippen LogP contribution in [0.5, 0.6) is 0 Å². The highest BCUT2D eigenvalue weighted by Crippen LogP contribution is 2.16. The molecule has 1 aromatic carbocycles. The van der Waals surface area contributed by atoms with Gasteiger partial charge in [-0.2, -0.15) is 0 Å². The van der Waals surface area contributed by atoms with Crippen LogP contribution in [-0.2, 0) is 6.54 Å². The van der Waals surface area contributed by atoms with E-state index in [1.165, 1.54) is 0 Å². The fourth-order valence-corrected chi connectivity index (χ4v) is 2.02. The van der Waals surface area contributed by atoms with Crippen molar-refractivity contribution in [3.8, 4) is 0 Å². The first-order chi connectivity index (χ1) is 10.1. The molecule has 3 N–H and O–H groups in total. The Morgan fingerprint density at radius 2 is 2.00 bits per heavy atom. The van der Waals surface area contributed by atoms with Gasteiger partial charge in [-0.15, -0.1) is 0 Å². The van der Waals surface area contributed by atoms with E-state index in [0.717, 1.165) is 23.5 Å². The number of carbonyl (C=O) groups excluding carboxylic acids is 1. The Kier molecular flexibility index (Phi) is 4.77. The van der Waals surface area contributed by atoms with Crippen molar-refractivity contribution in [2.75, 3.05) is 24.2 Å². The third-order valence-corrected chi connectivity index (χ3v) is 3.15. The van der Waals surface area contributed by atoms with E-state index >= 15 is 0 Å².